The van der Waals surface area contributed by atoms with Gasteiger partial charge in [0.25, 0.3) is 0 Å². The molecule has 0 aromatic carbocycles. The van der Waals surface area contributed by atoms with Gasteiger partial charge in [-0.15, -0.1) is 10.2 Å². The Bertz CT molecular complexity index is 797. The largest absolute Gasteiger partial charge is 0.464 e. The van der Waals surface area contributed by atoms with Crippen LogP contribution < -0.4 is 0 Å². The number of carbonyl (C=O) groups excluding carboxylic acids is 1. The number of pyridine rings is 1. The van der Waals surface area contributed by atoms with E-state index in [1.54, 1.807) is 22.6 Å². The first-order chi connectivity index (χ1) is 10.00. The number of esters is 1. The first kappa shape index (κ1) is 14.0. The van der Waals surface area contributed by atoms with Gasteiger partial charge in [-0.2, -0.15) is 0 Å². The van der Waals surface area contributed by atoms with Gasteiger partial charge in [0.1, 0.15) is 11.5 Å². The Hall–Kier alpha value is -1.96. The molecule has 2 aromatic rings. The molecule has 0 amide bonds. The lowest BCUT2D eigenvalue weighted by Crippen LogP contribution is -2.13. The zero-order valence-corrected chi connectivity index (χ0v) is 12.3. The van der Waals surface area contributed by atoms with E-state index in [1.165, 1.54) is 7.11 Å². The number of hydrogen-bond acceptors (Lipinski definition) is 6. The Morgan fingerprint density at radius 3 is 2.90 bits per heavy atom. The van der Waals surface area contributed by atoms with E-state index in [2.05, 4.69) is 10.2 Å². The lowest BCUT2D eigenvalue weighted by molar-refractivity contribution is 0.0591. The zero-order valence-electron chi connectivity index (χ0n) is 11.5. The fraction of sp³-hybridized carbons (Fsp3) is 0.462. The van der Waals surface area contributed by atoms with Crippen molar-refractivity contribution in [3.8, 4) is 0 Å². The third-order valence-electron chi connectivity index (χ3n) is 3.69. The highest BCUT2D eigenvalue weighted by Gasteiger charge is 2.29. The minimum atomic E-state index is -2.93. The van der Waals surface area contributed by atoms with E-state index in [1.807, 2.05) is 0 Å². The molecule has 3 heterocycles. The summed E-state index contributed by atoms with van der Waals surface area (Å²) in [6, 6.07) is 5.09. The van der Waals surface area contributed by atoms with Crippen LogP contribution in [0.2, 0.25) is 0 Å². The van der Waals surface area contributed by atoms with Crippen LogP contribution in [0.3, 0.4) is 0 Å². The quantitative estimate of drug-likeness (QED) is 0.767. The van der Waals surface area contributed by atoms with Crippen molar-refractivity contribution in [3.63, 3.8) is 0 Å². The van der Waals surface area contributed by atoms with Crippen molar-refractivity contribution in [2.45, 2.75) is 12.8 Å². The summed E-state index contributed by atoms with van der Waals surface area (Å²) < 4.78 is 29.5. The molecule has 0 saturated carbocycles. The molecule has 1 fully saturated rings. The standard InChI is InChI=1S/C13H15N3O4S/c1-20-13(17)10-3-2-4-11-14-15-12(16(10)11)7-9-5-6-21(18,19)8-9/h2-4,9H,5-8H2,1H3. The van der Waals surface area contributed by atoms with Crippen molar-refractivity contribution >= 4 is 21.5 Å². The van der Waals surface area contributed by atoms with E-state index < -0.39 is 15.8 Å². The maximum atomic E-state index is 11.8. The smallest absolute Gasteiger partial charge is 0.355 e. The number of rotatable bonds is 3. The van der Waals surface area contributed by atoms with Gasteiger partial charge >= 0.3 is 5.97 Å². The van der Waals surface area contributed by atoms with Crippen LogP contribution in [0.5, 0.6) is 0 Å². The van der Waals surface area contributed by atoms with Crippen LogP contribution in [0.1, 0.15) is 22.7 Å². The average Bonchev–Trinajstić information content (AvgIpc) is 3.02. The first-order valence-corrected chi connectivity index (χ1v) is 8.44. The van der Waals surface area contributed by atoms with Gasteiger partial charge in [0, 0.05) is 6.42 Å². The molecule has 8 heteroatoms. The van der Waals surface area contributed by atoms with Gasteiger partial charge in [0.2, 0.25) is 0 Å². The molecule has 112 valence electrons. The monoisotopic (exact) mass is 309 g/mol. The fourth-order valence-corrected chi connectivity index (χ4v) is 4.55. The molecule has 2 aromatic heterocycles. The highest BCUT2D eigenvalue weighted by atomic mass is 32.2. The molecular weight excluding hydrogens is 294 g/mol. The number of methoxy groups -OCH3 is 1. The first-order valence-electron chi connectivity index (χ1n) is 6.62. The van der Waals surface area contributed by atoms with Gasteiger partial charge in [0.05, 0.1) is 18.6 Å². The van der Waals surface area contributed by atoms with Crippen molar-refractivity contribution < 1.29 is 17.9 Å². The summed E-state index contributed by atoms with van der Waals surface area (Å²) in [5.41, 5.74) is 0.893. The van der Waals surface area contributed by atoms with Crippen LogP contribution >= 0.6 is 0 Å². The molecule has 0 bridgehead atoms. The molecule has 7 nitrogen and oxygen atoms in total. The molecule has 1 unspecified atom stereocenters. The van der Waals surface area contributed by atoms with Crippen LogP contribution in [0.15, 0.2) is 18.2 Å². The molecule has 0 N–H and O–H groups in total. The number of hydrogen-bond donors (Lipinski definition) is 0. The number of ether oxygens (including phenoxy) is 1. The lowest BCUT2D eigenvalue weighted by atomic mass is 10.1. The Balaban J connectivity index is 1.98. The van der Waals surface area contributed by atoms with Gasteiger partial charge < -0.3 is 4.74 Å². The summed E-state index contributed by atoms with van der Waals surface area (Å²) in [7, 11) is -1.62. The fourth-order valence-electron chi connectivity index (χ4n) is 2.69. The van der Waals surface area contributed by atoms with E-state index in [-0.39, 0.29) is 17.4 Å². The van der Waals surface area contributed by atoms with E-state index in [0.717, 1.165) is 0 Å². The Morgan fingerprint density at radius 2 is 2.24 bits per heavy atom. The topological polar surface area (TPSA) is 90.6 Å². The SMILES string of the molecule is COC(=O)c1cccc2nnc(CC3CCS(=O)(=O)C3)n12. The van der Waals surface area contributed by atoms with Crippen LogP contribution in [0.25, 0.3) is 5.65 Å². The third kappa shape index (κ3) is 2.63. The summed E-state index contributed by atoms with van der Waals surface area (Å²) in [5.74, 6) is 0.530. The normalized spacial score (nSPS) is 20.7. The van der Waals surface area contributed by atoms with Crippen LogP contribution in [-0.4, -0.2) is 47.6 Å². The highest BCUT2D eigenvalue weighted by Crippen LogP contribution is 2.22. The van der Waals surface area contributed by atoms with Crippen LogP contribution in [0, 0.1) is 5.92 Å². The number of aromatic nitrogens is 3. The predicted octanol–water partition coefficient (Wildman–Crippen LogP) is 0.493. The molecule has 0 spiro atoms. The van der Waals surface area contributed by atoms with Crippen molar-refractivity contribution in [1.82, 2.24) is 14.6 Å². The molecule has 1 saturated heterocycles. The Labute approximate surface area is 121 Å². The molecule has 1 aliphatic heterocycles. The number of fused-ring (bicyclic) bond motifs is 1. The van der Waals surface area contributed by atoms with Gasteiger partial charge in [-0.3, -0.25) is 4.40 Å². The molecule has 1 atom stereocenters. The zero-order chi connectivity index (χ0) is 15.0. The second-order valence-electron chi connectivity index (χ2n) is 5.19. The summed E-state index contributed by atoms with van der Waals surface area (Å²) in [6.07, 6.45) is 1.10. The van der Waals surface area contributed by atoms with Crippen LogP contribution in [-0.2, 0) is 21.0 Å². The van der Waals surface area contributed by atoms with Gasteiger partial charge in [-0.1, -0.05) is 6.07 Å². The second-order valence-corrected chi connectivity index (χ2v) is 7.41. The van der Waals surface area contributed by atoms with Crippen molar-refractivity contribution in [1.29, 1.82) is 0 Å². The van der Waals surface area contributed by atoms with Gasteiger partial charge in [0.15, 0.2) is 15.5 Å². The maximum absolute atomic E-state index is 11.8. The molecular formula is C13H15N3O4S. The minimum Gasteiger partial charge on any atom is -0.464 e. The lowest BCUT2D eigenvalue weighted by Gasteiger charge is -2.08. The van der Waals surface area contributed by atoms with E-state index in [4.69, 9.17) is 4.74 Å². The van der Waals surface area contributed by atoms with Crippen molar-refractivity contribution in [3.05, 3.63) is 29.7 Å². The second kappa shape index (κ2) is 5.10. The summed E-state index contributed by atoms with van der Waals surface area (Å²) in [4.78, 5) is 11.8. The van der Waals surface area contributed by atoms with E-state index >= 15 is 0 Å². The van der Waals surface area contributed by atoms with E-state index in [9.17, 15) is 13.2 Å². The highest BCUT2D eigenvalue weighted by molar-refractivity contribution is 7.91. The summed E-state index contributed by atoms with van der Waals surface area (Å²) >= 11 is 0. The molecule has 3 rings (SSSR count). The number of carbonyl (C=O) groups is 1. The Kier molecular flexibility index (Phi) is 3.40. The number of nitrogens with zero attached hydrogens (tertiary/aromatic N) is 3. The summed E-state index contributed by atoms with van der Waals surface area (Å²) in [5, 5.41) is 8.12. The summed E-state index contributed by atoms with van der Waals surface area (Å²) in [6.45, 7) is 0. The van der Waals surface area contributed by atoms with Gasteiger partial charge in [-0.25, -0.2) is 13.2 Å². The molecule has 0 aliphatic carbocycles. The van der Waals surface area contributed by atoms with Crippen molar-refractivity contribution in [2.24, 2.45) is 5.92 Å². The molecule has 21 heavy (non-hydrogen) atoms. The average molecular weight is 309 g/mol. The van der Waals surface area contributed by atoms with Crippen LogP contribution in [0.4, 0.5) is 0 Å². The molecule has 0 radical (unpaired) electrons. The number of sulfone groups is 1. The maximum Gasteiger partial charge on any atom is 0.355 e. The third-order valence-corrected chi connectivity index (χ3v) is 5.52. The van der Waals surface area contributed by atoms with Gasteiger partial charge in [-0.05, 0) is 24.5 Å². The predicted molar refractivity (Wildman–Crippen MR) is 74.8 cm³/mol. The van der Waals surface area contributed by atoms with E-state index in [0.29, 0.717) is 30.0 Å². The van der Waals surface area contributed by atoms with Crippen molar-refractivity contribution in [2.75, 3.05) is 18.6 Å². The Morgan fingerprint density at radius 1 is 1.43 bits per heavy atom. The minimum absolute atomic E-state index is 0.0214. The molecule has 1 aliphatic rings.